The fraction of sp³-hybridized carbons (Fsp3) is 0.388. The lowest BCUT2D eigenvalue weighted by molar-refractivity contribution is -0.141. The number of nitrogens with one attached hydrogen (secondary N) is 1. The number of halogens is 2. The highest BCUT2D eigenvalue weighted by atomic mass is 79.9. The number of pyridine rings is 1. The fourth-order valence-corrected chi connectivity index (χ4v) is 11.9. The van der Waals surface area contributed by atoms with Crippen molar-refractivity contribution in [2.75, 3.05) is 19.6 Å². The molecular formula is C49H52BrClN8O2S. The molecule has 0 radical (unpaired) electrons. The molecule has 3 fully saturated rings. The second-order valence-electron chi connectivity index (χ2n) is 17.7. The van der Waals surface area contributed by atoms with Crippen LogP contribution in [0, 0.1) is 18.8 Å². The van der Waals surface area contributed by atoms with Crippen LogP contribution in [0.3, 0.4) is 0 Å². The van der Waals surface area contributed by atoms with E-state index in [0.29, 0.717) is 30.1 Å². The highest BCUT2D eigenvalue weighted by Crippen LogP contribution is 2.48. The number of piperazine rings is 1. The largest absolute Gasteiger partial charge is 0.341 e. The molecule has 4 aromatic heterocycles. The van der Waals surface area contributed by atoms with Crippen molar-refractivity contribution in [3.63, 3.8) is 0 Å². The van der Waals surface area contributed by atoms with Gasteiger partial charge in [0.2, 0.25) is 11.8 Å². The smallest absolute Gasteiger partial charge is 0.233 e. The summed E-state index contributed by atoms with van der Waals surface area (Å²) in [7, 11) is 0. The molecule has 2 aliphatic heterocycles. The predicted octanol–water partition coefficient (Wildman–Crippen LogP) is 9.79. The van der Waals surface area contributed by atoms with Gasteiger partial charge in [-0.1, -0.05) is 39.7 Å². The summed E-state index contributed by atoms with van der Waals surface area (Å²) in [6.45, 7) is 16.6. The Kier molecular flexibility index (Phi) is 11.4. The van der Waals surface area contributed by atoms with E-state index in [9.17, 15) is 9.59 Å². The maximum atomic E-state index is 12.8. The van der Waals surface area contributed by atoms with E-state index >= 15 is 0 Å². The molecule has 7 aromatic rings. The molecule has 4 atom stereocenters. The molecule has 0 bridgehead atoms. The molecule has 10 rings (SSSR count). The molecule has 0 spiro atoms. The van der Waals surface area contributed by atoms with Gasteiger partial charge in [-0.3, -0.25) is 34.0 Å². The van der Waals surface area contributed by atoms with Crippen molar-refractivity contribution in [1.29, 1.82) is 0 Å². The third kappa shape index (κ3) is 7.92. The third-order valence-corrected chi connectivity index (χ3v) is 15.2. The van der Waals surface area contributed by atoms with Gasteiger partial charge in [-0.25, -0.2) is 0 Å². The minimum atomic E-state index is -0.0965. The van der Waals surface area contributed by atoms with E-state index in [-0.39, 0.29) is 23.7 Å². The first-order chi connectivity index (χ1) is 30.0. The quantitative estimate of drug-likeness (QED) is 0.0859. The second kappa shape index (κ2) is 16.9. The number of hydrogen-bond donors (Lipinski definition) is 1. The van der Waals surface area contributed by atoms with Gasteiger partial charge < -0.3 is 9.88 Å². The first kappa shape index (κ1) is 41.6. The first-order valence-corrected chi connectivity index (χ1v) is 23.9. The molecular weight excluding hydrogens is 880 g/mol. The Morgan fingerprint density at radius 3 is 2.48 bits per heavy atom. The molecule has 1 saturated carbocycles. The van der Waals surface area contributed by atoms with Gasteiger partial charge in [0.05, 0.1) is 40.3 Å². The van der Waals surface area contributed by atoms with E-state index in [1.165, 1.54) is 43.4 Å². The third-order valence-electron chi connectivity index (χ3n) is 13.4. The number of aromatic nitrogens is 4. The maximum absolute atomic E-state index is 12.8. The van der Waals surface area contributed by atoms with Gasteiger partial charge in [0.15, 0.2) is 0 Å². The van der Waals surface area contributed by atoms with Crippen LogP contribution in [0.4, 0.5) is 0 Å². The van der Waals surface area contributed by atoms with Crippen molar-refractivity contribution in [1.82, 2.24) is 39.3 Å². The molecule has 3 aliphatic rings. The summed E-state index contributed by atoms with van der Waals surface area (Å²) in [6.07, 6.45) is 7.83. The highest BCUT2D eigenvalue weighted by molar-refractivity contribution is 9.10. The molecule has 320 valence electrons. The van der Waals surface area contributed by atoms with Crippen LogP contribution in [-0.4, -0.2) is 77.6 Å². The number of rotatable bonds is 14. The summed E-state index contributed by atoms with van der Waals surface area (Å²) < 4.78 is 6.65. The van der Waals surface area contributed by atoms with Gasteiger partial charge in [-0.15, -0.1) is 11.3 Å². The number of carbonyl (C=O) groups excluding carboxylic acids is 2. The Hall–Kier alpha value is -4.43. The van der Waals surface area contributed by atoms with Gasteiger partial charge in [0.1, 0.15) is 0 Å². The van der Waals surface area contributed by atoms with Crippen molar-refractivity contribution in [2.24, 2.45) is 11.8 Å². The zero-order valence-corrected chi connectivity index (χ0v) is 38.9. The Balaban J connectivity index is 0.748. The number of aryl methyl sites for hydroxylation is 3. The van der Waals surface area contributed by atoms with Crippen LogP contribution in [0.1, 0.15) is 60.7 Å². The van der Waals surface area contributed by atoms with Crippen LogP contribution in [0.25, 0.3) is 43.1 Å². The molecule has 2 saturated heterocycles. The van der Waals surface area contributed by atoms with Crippen molar-refractivity contribution in [2.45, 2.75) is 91.9 Å². The molecule has 2 unspecified atom stereocenters. The van der Waals surface area contributed by atoms with Gasteiger partial charge in [-0.2, -0.15) is 5.10 Å². The van der Waals surface area contributed by atoms with Crippen molar-refractivity contribution in [3.8, 4) is 11.1 Å². The minimum absolute atomic E-state index is 0.0249. The van der Waals surface area contributed by atoms with Gasteiger partial charge in [0, 0.05) is 112 Å². The van der Waals surface area contributed by atoms with E-state index in [4.69, 9.17) is 21.7 Å². The fourth-order valence-electron chi connectivity index (χ4n) is 10.2. The molecule has 13 heteroatoms. The van der Waals surface area contributed by atoms with Crippen LogP contribution in [0.2, 0.25) is 5.02 Å². The summed E-state index contributed by atoms with van der Waals surface area (Å²) in [4.78, 5) is 37.8. The average Bonchev–Trinajstić information content (AvgIpc) is 3.45. The van der Waals surface area contributed by atoms with Gasteiger partial charge in [0.25, 0.3) is 0 Å². The van der Waals surface area contributed by atoms with Crippen molar-refractivity contribution < 1.29 is 9.59 Å². The molecule has 10 nitrogen and oxygen atoms in total. The number of likely N-dealkylation sites (tertiary alicyclic amines) is 1. The van der Waals surface area contributed by atoms with Gasteiger partial charge in [-0.05, 0) is 118 Å². The molecule has 1 N–H and O–H groups in total. The Morgan fingerprint density at radius 1 is 0.887 bits per heavy atom. The summed E-state index contributed by atoms with van der Waals surface area (Å²) in [5, 5.41) is 11.7. The lowest BCUT2D eigenvalue weighted by Gasteiger charge is -2.45. The zero-order valence-electron chi connectivity index (χ0n) is 35.7. The summed E-state index contributed by atoms with van der Waals surface area (Å²) in [5.41, 5.74) is 10.6. The second-order valence-corrected chi connectivity index (χ2v) is 20.2. The number of thiophene rings is 1. The Bertz CT molecular complexity index is 2840. The van der Waals surface area contributed by atoms with Crippen molar-refractivity contribution >= 4 is 82.7 Å². The van der Waals surface area contributed by atoms with Crippen LogP contribution < -0.4 is 5.32 Å². The standard InChI is InChI=1S/C49H52BrClN8O2S/c1-5-57-45-10-7-32(16-40(45)37-9-8-34(50)17-46(37)57)21-52-12-6-14-56-26-33(22-54-56)25-55-23-30(3)58(31(4)24-55)28-43-29(2)15-35(51)18-39(43)38-11-13-53-44-19-36(62-47(38)44)27-59-48(60)41-20-42(41)49(59)61/h7-11,13,15-19,22,26,30-31,41-42,52H,5-6,12,14,20-21,23-25,27-28H2,1-4H3/t30-,31-,41?,42?/m0/s1. The number of fused-ring (bicyclic) bond motifs is 5. The molecule has 62 heavy (non-hydrogen) atoms. The van der Waals surface area contributed by atoms with Crippen LogP contribution in [0.5, 0.6) is 0 Å². The molecule has 1 aliphatic carbocycles. The lowest BCUT2D eigenvalue weighted by Crippen LogP contribution is -2.55. The van der Waals surface area contributed by atoms with E-state index < -0.39 is 0 Å². The number of benzene rings is 3. The molecule has 6 heterocycles. The van der Waals surface area contributed by atoms with E-state index in [0.717, 1.165) is 95.0 Å². The minimum Gasteiger partial charge on any atom is -0.341 e. The highest BCUT2D eigenvalue weighted by Gasteiger charge is 2.58. The topological polar surface area (TPSA) is 91.5 Å². The average molecular weight is 932 g/mol. The first-order valence-electron chi connectivity index (χ1n) is 22.0. The zero-order chi connectivity index (χ0) is 42.8. The normalized spacial score (nSPS) is 20.7. The summed E-state index contributed by atoms with van der Waals surface area (Å²) in [5.74, 6) is -0.243. The number of amides is 2. The summed E-state index contributed by atoms with van der Waals surface area (Å²) >= 11 is 12.0. The monoisotopic (exact) mass is 930 g/mol. The number of hydrogen-bond acceptors (Lipinski definition) is 8. The Morgan fingerprint density at radius 2 is 1.69 bits per heavy atom. The number of nitrogens with zero attached hydrogens (tertiary/aromatic N) is 7. The number of imide groups is 1. The van der Waals surface area contributed by atoms with Crippen LogP contribution >= 0.6 is 38.9 Å². The molecule has 2 amide bonds. The number of carbonyl (C=O) groups is 2. The van der Waals surface area contributed by atoms with E-state index in [2.05, 4.69) is 129 Å². The van der Waals surface area contributed by atoms with Crippen LogP contribution in [0.15, 0.2) is 83.7 Å². The summed E-state index contributed by atoms with van der Waals surface area (Å²) in [6, 6.07) is 22.4. The predicted molar refractivity (Wildman–Crippen MR) is 253 cm³/mol. The van der Waals surface area contributed by atoms with Crippen LogP contribution in [-0.2, 0) is 48.9 Å². The molecule has 3 aromatic carbocycles. The van der Waals surface area contributed by atoms with E-state index in [1.807, 2.05) is 18.5 Å². The van der Waals surface area contributed by atoms with E-state index in [1.54, 1.807) is 11.3 Å². The lowest BCUT2D eigenvalue weighted by atomic mass is 9.94. The van der Waals surface area contributed by atoms with Crippen molar-refractivity contribution in [3.05, 3.63) is 116 Å². The Labute approximate surface area is 380 Å². The SMILES string of the molecule is CCn1c2ccc(CNCCCn3cc(CN4C[C@H](C)N(Cc5c(C)cc(Cl)cc5-c5ccnc6cc(CN7C(=O)C8CC8C7=O)sc56)[C@@H](C)C4)cn3)cc2c2ccc(Br)cc21. The maximum Gasteiger partial charge on any atom is 0.233 e. The van der Waals surface area contributed by atoms with Gasteiger partial charge >= 0.3 is 0 Å². The number of piperidine rings is 1.